The molecular formula is C10H14BrNOS. The lowest BCUT2D eigenvalue weighted by atomic mass is 9.93. The summed E-state index contributed by atoms with van der Waals surface area (Å²) in [5.74, 6) is 0.495. The van der Waals surface area contributed by atoms with Crippen LogP contribution in [0.2, 0.25) is 0 Å². The summed E-state index contributed by atoms with van der Waals surface area (Å²) >= 11 is 5.22. The third-order valence-corrected chi connectivity index (χ3v) is 4.31. The van der Waals surface area contributed by atoms with E-state index in [9.17, 15) is 0 Å². The molecule has 0 spiro atoms. The average Bonchev–Trinajstić information content (AvgIpc) is 2.65. The van der Waals surface area contributed by atoms with Crippen LogP contribution in [-0.4, -0.2) is 13.2 Å². The monoisotopic (exact) mass is 275 g/mol. The van der Waals surface area contributed by atoms with E-state index in [0.717, 1.165) is 23.4 Å². The Morgan fingerprint density at radius 1 is 1.57 bits per heavy atom. The normalized spacial score (nSPS) is 27.9. The van der Waals surface area contributed by atoms with Gasteiger partial charge in [-0.3, -0.25) is 0 Å². The maximum atomic E-state index is 5.79. The zero-order valence-electron chi connectivity index (χ0n) is 7.91. The minimum absolute atomic E-state index is 0.227. The van der Waals surface area contributed by atoms with Gasteiger partial charge in [-0.25, -0.2) is 0 Å². The maximum Gasteiger partial charge on any atom is 0.0957 e. The third-order valence-electron chi connectivity index (χ3n) is 2.62. The molecule has 0 aliphatic carbocycles. The van der Waals surface area contributed by atoms with E-state index >= 15 is 0 Å². The van der Waals surface area contributed by atoms with Gasteiger partial charge in [-0.05, 0) is 47.4 Å². The fourth-order valence-corrected chi connectivity index (χ4v) is 3.45. The molecular weight excluding hydrogens is 262 g/mol. The minimum Gasteiger partial charge on any atom is -0.372 e. The van der Waals surface area contributed by atoms with Gasteiger partial charge in [0.1, 0.15) is 0 Å². The Morgan fingerprint density at radius 3 is 3.07 bits per heavy atom. The SMILES string of the molecule is NCC1CCCOC1c1ccc(Br)s1. The third kappa shape index (κ3) is 2.19. The van der Waals surface area contributed by atoms with Crippen molar-refractivity contribution in [1.82, 2.24) is 0 Å². The van der Waals surface area contributed by atoms with Gasteiger partial charge in [0.05, 0.1) is 9.89 Å². The van der Waals surface area contributed by atoms with Crippen LogP contribution in [0.3, 0.4) is 0 Å². The highest BCUT2D eigenvalue weighted by atomic mass is 79.9. The largest absolute Gasteiger partial charge is 0.372 e. The zero-order valence-corrected chi connectivity index (χ0v) is 10.3. The van der Waals surface area contributed by atoms with Gasteiger partial charge >= 0.3 is 0 Å². The summed E-state index contributed by atoms with van der Waals surface area (Å²) in [5.41, 5.74) is 5.75. The molecule has 1 aromatic rings. The number of nitrogens with two attached hydrogens (primary N) is 1. The summed E-state index contributed by atoms with van der Waals surface area (Å²) < 4.78 is 6.95. The highest BCUT2D eigenvalue weighted by Crippen LogP contribution is 2.37. The molecule has 4 heteroatoms. The molecule has 0 radical (unpaired) electrons. The molecule has 2 heterocycles. The molecule has 14 heavy (non-hydrogen) atoms. The Balaban J connectivity index is 2.14. The lowest BCUT2D eigenvalue weighted by Gasteiger charge is -2.30. The first-order chi connectivity index (χ1) is 6.81. The van der Waals surface area contributed by atoms with E-state index in [4.69, 9.17) is 10.5 Å². The minimum atomic E-state index is 0.227. The molecule has 2 N–H and O–H groups in total. The Morgan fingerprint density at radius 2 is 2.43 bits per heavy atom. The molecule has 1 aromatic heterocycles. The number of thiophene rings is 1. The van der Waals surface area contributed by atoms with Crippen molar-refractivity contribution >= 4 is 27.3 Å². The van der Waals surface area contributed by atoms with Gasteiger partial charge in [-0.1, -0.05) is 0 Å². The van der Waals surface area contributed by atoms with Crippen molar-refractivity contribution in [2.75, 3.05) is 13.2 Å². The molecule has 0 saturated carbocycles. The summed E-state index contributed by atoms with van der Waals surface area (Å²) in [4.78, 5) is 1.30. The van der Waals surface area contributed by atoms with Crippen molar-refractivity contribution in [3.63, 3.8) is 0 Å². The van der Waals surface area contributed by atoms with Crippen LogP contribution in [-0.2, 0) is 4.74 Å². The Kier molecular flexibility index (Phi) is 3.60. The predicted octanol–water partition coefficient (Wildman–Crippen LogP) is 2.94. The Labute approximate surface area is 96.6 Å². The molecule has 1 aliphatic heterocycles. The summed E-state index contributed by atoms with van der Waals surface area (Å²) in [6.45, 7) is 1.59. The van der Waals surface area contributed by atoms with Crippen LogP contribution in [0.4, 0.5) is 0 Å². The van der Waals surface area contributed by atoms with Crippen LogP contribution >= 0.6 is 27.3 Å². The van der Waals surface area contributed by atoms with Crippen LogP contribution < -0.4 is 5.73 Å². The highest BCUT2D eigenvalue weighted by Gasteiger charge is 2.27. The second kappa shape index (κ2) is 4.75. The van der Waals surface area contributed by atoms with E-state index in [2.05, 4.69) is 28.1 Å². The molecule has 1 saturated heterocycles. The van der Waals surface area contributed by atoms with Gasteiger partial charge in [0.2, 0.25) is 0 Å². The van der Waals surface area contributed by atoms with Gasteiger partial charge < -0.3 is 10.5 Å². The molecule has 2 rings (SSSR count). The van der Waals surface area contributed by atoms with E-state index in [-0.39, 0.29) is 6.10 Å². The second-order valence-corrected chi connectivity index (χ2v) is 6.07. The second-order valence-electron chi connectivity index (χ2n) is 3.57. The van der Waals surface area contributed by atoms with Crippen molar-refractivity contribution in [1.29, 1.82) is 0 Å². The average molecular weight is 276 g/mol. The summed E-state index contributed by atoms with van der Waals surface area (Å²) in [6, 6.07) is 4.21. The van der Waals surface area contributed by atoms with Crippen molar-refractivity contribution in [3.8, 4) is 0 Å². The lowest BCUT2D eigenvalue weighted by molar-refractivity contribution is -0.0229. The first-order valence-electron chi connectivity index (χ1n) is 4.88. The van der Waals surface area contributed by atoms with Gasteiger partial charge in [0.15, 0.2) is 0 Å². The number of hydrogen-bond acceptors (Lipinski definition) is 3. The van der Waals surface area contributed by atoms with E-state index < -0.39 is 0 Å². The summed E-state index contributed by atoms with van der Waals surface area (Å²) in [7, 11) is 0. The lowest BCUT2D eigenvalue weighted by Crippen LogP contribution is -2.28. The van der Waals surface area contributed by atoms with E-state index in [0.29, 0.717) is 5.92 Å². The van der Waals surface area contributed by atoms with Crippen LogP contribution in [0.15, 0.2) is 15.9 Å². The number of ether oxygens (including phenoxy) is 1. The summed E-state index contributed by atoms with van der Waals surface area (Å²) in [6.07, 6.45) is 2.56. The quantitative estimate of drug-likeness (QED) is 0.901. The smallest absolute Gasteiger partial charge is 0.0957 e. The number of halogens is 1. The fourth-order valence-electron chi connectivity index (χ4n) is 1.88. The van der Waals surface area contributed by atoms with Gasteiger partial charge in [-0.2, -0.15) is 0 Å². The number of rotatable bonds is 2. The van der Waals surface area contributed by atoms with Crippen molar-refractivity contribution < 1.29 is 4.74 Å². The van der Waals surface area contributed by atoms with Crippen LogP contribution in [0.5, 0.6) is 0 Å². The molecule has 0 amide bonds. The van der Waals surface area contributed by atoms with E-state index in [1.807, 2.05) is 0 Å². The Bertz CT molecular complexity index is 302. The molecule has 1 aliphatic rings. The molecule has 2 unspecified atom stereocenters. The first-order valence-corrected chi connectivity index (χ1v) is 6.49. The van der Waals surface area contributed by atoms with Crippen molar-refractivity contribution in [3.05, 3.63) is 20.8 Å². The van der Waals surface area contributed by atoms with E-state index in [1.54, 1.807) is 11.3 Å². The summed E-state index contributed by atoms with van der Waals surface area (Å²) in [5, 5.41) is 0. The highest BCUT2D eigenvalue weighted by molar-refractivity contribution is 9.11. The zero-order chi connectivity index (χ0) is 9.97. The van der Waals surface area contributed by atoms with Crippen LogP contribution in [0, 0.1) is 5.92 Å². The fraction of sp³-hybridized carbons (Fsp3) is 0.600. The predicted molar refractivity (Wildman–Crippen MR) is 62.5 cm³/mol. The van der Waals surface area contributed by atoms with Gasteiger partial charge in [0, 0.05) is 17.4 Å². The van der Waals surface area contributed by atoms with Crippen LogP contribution in [0.25, 0.3) is 0 Å². The van der Waals surface area contributed by atoms with Gasteiger partial charge in [0.25, 0.3) is 0 Å². The molecule has 0 aromatic carbocycles. The van der Waals surface area contributed by atoms with Crippen LogP contribution in [0.1, 0.15) is 23.8 Å². The number of hydrogen-bond donors (Lipinski definition) is 1. The van der Waals surface area contributed by atoms with Crippen molar-refractivity contribution in [2.45, 2.75) is 18.9 Å². The molecule has 2 atom stereocenters. The molecule has 2 nitrogen and oxygen atoms in total. The molecule has 0 bridgehead atoms. The van der Waals surface area contributed by atoms with Crippen molar-refractivity contribution in [2.24, 2.45) is 11.7 Å². The molecule has 78 valence electrons. The maximum absolute atomic E-state index is 5.79. The van der Waals surface area contributed by atoms with Gasteiger partial charge in [-0.15, -0.1) is 11.3 Å². The standard InChI is InChI=1S/C10H14BrNOS/c11-9-4-3-8(14-9)10-7(6-12)2-1-5-13-10/h3-4,7,10H,1-2,5-6,12H2. The topological polar surface area (TPSA) is 35.2 Å². The molecule has 1 fully saturated rings. The Hall–Kier alpha value is 0.1000. The van der Waals surface area contributed by atoms with E-state index in [1.165, 1.54) is 11.3 Å². The first kappa shape index (κ1) is 10.6.